The van der Waals surface area contributed by atoms with Crippen LogP contribution in [0.15, 0.2) is 71.8 Å². The SMILES string of the molecule is Cc1cc(C)cc(NC(=O)Cn2ccc3ccn(Cc4cccc(F)c4)c3c2=O)c1. The number of hydrogen-bond acceptors (Lipinski definition) is 2. The first kappa shape index (κ1) is 19.6. The minimum absolute atomic E-state index is 0.0904. The monoisotopic (exact) mass is 403 g/mol. The van der Waals surface area contributed by atoms with Crippen molar-refractivity contribution in [2.75, 3.05) is 5.32 Å². The molecule has 5 nitrogen and oxygen atoms in total. The van der Waals surface area contributed by atoms with E-state index < -0.39 is 0 Å². The molecule has 0 fully saturated rings. The number of nitrogens with one attached hydrogen (secondary N) is 1. The van der Waals surface area contributed by atoms with E-state index >= 15 is 0 Å². The summed E-state index contributed by atoms with van der Waals surface area (Å²) in [6.07, 6.45) is 3.43. The Balaban J connectivity index is 1.59. The van der Waals surface area contributed by atoms with E-state index in [0.29, 0.717) is 17.7 Å². The molecule has 2 heterocycles. The number of amides is 1. The summed E-state index contributed by atoms with van der Waals surface area (Å²) in [6, 6.07) is 15.8. The van der Waals surface area contributed by atoms with Crippen LogP contribution in [0, 0.1) is 19.7 Å². The van der Waals surface area contributed by atoms with Gasteiger partial charge in [-0.15, -0.1) is 0 Å². The molecule has 2 aromatic heterocycles. The first-order chi connectivity index (χ1) is 14.4. The van der Waals surface area contributed by atoms with Crippen molar-refractivity contribution in [2.24, 2.45) is 0 Å². The third-order valence-corrected chi connectivity index (χ3v) is 4.95. The van der Waals surface area contributed by atoms with Gasteiger partial charge in [0.2, 0.25) is 5.91 Å². The molecule has 0 saturated heterocycles. The van der Waals surface area contributed by atoms with Gasteiger partial charge in [-0.25, -0.2) is 4.39 Å². The number of anilines is 1. The van der Waals surface area contributed by atoms with Crippen LogP contribution < -0.4 is 10.9 Å². The third-order valence-electron chi connectivity index (χ3n) is 4.95. The minimum Gasteiger partial charge on any atom is -0.339 e. The van der Waals surface area contributed by atoms with Crippen molar-refractivity contribution in [2.45, 2.75) is 26.9 Å². The molecule has 1 amide bonds. The van der Waals surface area contributed by atoms with E-state index in [1.54, 1.807) is 23.0 Å². The number of rotatable bonds is 5. The summed E-state index contributed by atoms with van der Waals surface area (Å²) in [4.78, 5) is 25.6. The van der Waals surface area contributed by atoms with E-state index in [-0.39, 0.29) is 23.8 Å². The number of nitrogens with zero attached hydrogens (tertiary/aromatic N) is 2. The van der Waals surface area contributed by atoms with Gasteiger partial charge in [0.1, 0.15) is 17.9 Å². The minimum atomic E-state index is -0.315. The smallest absolute Gasteiger partial charge is 0.275 e. The molecule has 152 valence electrons. The molecule has 1 N–H and O–H groups in total. The number of fused-ring (bicyclic) bond motifs is 1. The van der Waals surface area contributed by atoms with Gasteiger partial charge < -0.3 is 14.5 Å². The van der Waals surface area contributed by atoms with E-state index in [9.17, 15) is 14.0 Å². The van der Waals surface area contributed by atoms with Gasteiger partial charge in [0, 0.05) is 30.0 Å². The predicted octanol–water partition coefficient (Wildman–Crippen LogP) is 4.25. The molecule has 2 aromatic carbocycles. The van der Waals surface area contributed by atoms with E-state index in [1.807, 2.05) is 50.2 Å². The zero-order chi connectivity index (χ0) is 21.3. The summed E-state index contributed by atoms with van der Waals surface area (Å²) in [5.41, 5.74) is 3.81. The van der Waals surface area contributed by atoms with Crippen LogP contribution in [-0.4, -0.2) is 15.0 Å². The lowest BCUT2D eigenvalue weighted by Crippen LogP contribution is -2.28. The second kappa shape index (κ2) is 7.99. The van der Waals surface area contributed by atoms with Crippen LogP contribution in [-0.2, 0) is 17.9 Å². The first-order valence-electron chi connectivity index (χ1n) is 9.70. The van der Waals surface area contributed by atoms with Gasteiger partial charge >= 0.3 is 0 Å². The Labute approximate surface area is 173 Å². The molecule has 0 radical (unpaired) electrons. The van der Waals surface area contributed by atoms with Gasteiger partial charge in [-0.2, -0.15) is 0 Å². The largest absolute Gasteiger partial charge is 0.339 e. The van der Waals surface area contributed by atoms with Crippen molar-refractivity contribution in [3.05, 3.63) is 99.9 Å². The van der Waals surface area contributed by atoms with Crippen LogP contribution in [0.25, 0.3) is 10.9 Å². The summed E-state index contributed by atoms with van der Waals surface area (Å²) in [5.74, 6) is -0.589. The lowest BCUT2D eigenvalue weighted by molar-refractivity contribution is -0.116. The molecule has 0 aliphatic carbocycles. The third kappa shape index (κ3) is 4.17. The fraction of sp³-hybridized carbons (Fsp3) is 0.167. The maximum Gasteiger partial charge on any atom is 0.275 e. The molecule has 6 heteroatoms. The Morgan fingerprint density at radius 3 is 2.37 bits per heavy atom. The molecule has 0 spiro atoms. The second-order valence-corrected chi connectivity index (χ2v) is 7.55. The van der Waals surface area contributed by atoms with Crippen LogP contribution in [0.3, 0.4) is 0 Å². The molecular weight excluding hydrogens is 381 g/mol. The van der Waals surface area contributed by atoms with Gasteiger partial charge in [-0.1, -0.05) is 18.2 Å². The Morgan fingerprint density at radius 2 is 1.67 bits per heavy atom. The summed E-state index contributed by atoms with van der Waals surface area (Å²) in [7, 11) is 0. The molecule has 0 aliphatic rings. The number of benzene rings is 2. The second-order valence-electron chi connectivity index (χ2n) is 7.55. The number of carbonyl (C=O) groups excluding carboxylic acids is 1. The lowest BCUT2D eigenvalue weighted by Gasteiger charge is -2.10. The standard InChI is InChI=1S/C24H22FN3O2/c1-16-10-17(2)12-21(11-16)26-22(29)15-28-9-7-19-6-8-27(23(19)24(28)30)14-18-4-3-5-20(25)13-18/h3-13H,14-15H2,1-2H3,(H,26,29). The summed E-state index contributed by atoms with van der Waals surface area (Å²) in [6.45, 7) is 4.21. The molecule has 0 atom stereocenters. The van der Waals surface area contributed by atoms with Crippen molar-refractivity contribution in [3.8, 4) is 0 Å². The highest BCUT2D eigenvalue weighted by Crippen LogP contribution is 2.16. The summed E-state index contributed by atoms with van der Waals surface area (Å²) in [5, 5.41) is 3.63. The van der Waals surface area contributed by atoms with Gasteiger partial charge in [-0.3, -0.25) is 9.59 Å². The number of halogens is 1. The van der Waals surface area contributed by atoms with E-state index in [4.69, 9.17) is 0 Å². The van der Waals surface area contributed by atoms with Gasteiger partial charge in [0.05, 0.1) is 0 Å². The molecule has 4 rings (SSSR count). The number of aryl methyl sites for hydroxylation is 2. The molecule has 0 unspecified atom stereocenters. The normalized spacial score (nSPS) is 11.0. The Hall–Kier alpha value is -3.67. The predicted molar refractivity (Wildman–Crippen MR) is 116 cm³/mol. The van der Waals surface area contributed by atoms with Crippen molar-refractivity contribution in [1.29, 1.82) is 0 Å². The summed E-state index contributed by atoms with van der Waals surface area (Å²) < 4.78 is 16.7. The van der Waals surface area contributed by atoms with Gasteiger partial charge in [0.25, 0.3) is 5.56 Å². The number of aromatic nitrogens is 2. The van der Waals surface area contributed by atoms with E-state index in [1.165, 1.54) is 16.7 Å². The van der Waals surface area contributed by atoms with Crippen LogP contribution >= 0.6 is 0 Å². The zero-order valence-electron chi connectivity index (χ0n) is 16.9. The van der Waals surface area contributed by atoms with E-state index in [0.717, 1.165) is 22.1 Å². The highest BCUT2D eigenvalue weighted by atomic mass is 19.1. The molecule has 0 saturated carbocycles. The summed E-state index contributed by atoms with van der Waals surface area (Å²) >= 11 is 0. The van der Waals surface area contributed by atoms with E-state index in [2.05, 4.69) is 5.32 Å². The number of hydrogen-bond donors (Lipinski definition) is 1. The lowest BCUT2D eigenvalue weighted by atomic mass is 10.1. The van der Waals surface area contributed by atoms with Gasteiger partial charge in [0.15, 0.2) is 0 Å². The average Bonchev–Trinajstić information content (AvgIpc) is 3.06. The maximum atomic E-state index is 13.5. The topological polar surface area (TPSA) is 56.0 Å². The Morgan fingerprint density at radius 1 is 0.967 bits per heavy atom. The molecule has 4 aromatic rings. The Bertz CT molecular complexity index is 1280. The molecule has 30 heavy (non-hydrogen) atoms. The van der Waals surface area contributed by atoms with Crippen molar-refractivity contribution >= 4 is 22.5 Å². The first-order valence-corrected chi connectivity index (χ1v) is 9.70. The van der Waals surface area contributed by atoms with Crippen molar-refractivity contribution in [1.82, 2.24) is 9.13 Å². The molecular formula is C24H22FN3O2. The highest BCUT2D eigenvalue weighted by molar-refractivity contribution is 5.91. The number of carbonyl (C=O) groups is 1. The quantitative estimate of drug-likeness (QED) is 0.542. The van der Waals surface area contributed by atoms with Crippen molar-refractivity contribution in [3.63, 3.8) is 0 Å². The van der Waals surface area contributed by atoms with Crippen LogP contribution in [0.4, 0.5) is 10.1 Å². The van der Waals surface area contributed by atoms with Crippen LogP contribution in [0.5, 0.6) is 0 Å². The molecule has 0 aliphatic heterocycles. The maximum absolute atomic E-state index is 13.5. The zero-order valence-corrected chi connectivity index (χ0v) is 16.9. The number of pyridine rings is 1. The molecule has 0 bridgehead atoms. The fourth-order valence-corrected chi connectivity index (χ4v) is 3.73. The van der Waals surface area contributed by atoms with Crippen molar-refractivity contribution < 1.29 is 9.18 Å². The fourth-order valence-electron chi connectivity index (χ4n) is 3.73. The Kier molecular flexibility index (Phi) is 5.23. The van der Waals surface area contributed by atoms with Gasteiger partial charge in [-0.05, 0) is 66.9 Å². The van der Waals surface area contributed by atoms with Crippen LogP contribution in [0.1, 0.15) is 16.7 Å². The highest BCUT2D eigenvalue weighted by Gasteiger charge is 2.12. The average molecular weight is 403 g/mol. The van der Waals surface area contributed by atoms with Crippen LogP contribution in [0.2, 0.25) is 0 Å².